The highest BCUT2D eigenvalue weighted by Gasteiger charge is 2.24. The molecule has 1 aromatic carbocycles. The van der Waals surface area contributed by atoms with Crippen molar-refractivity contribution in [1.29, 1.82) is 0 Å². The van der Waals surface area contributed by atoms with Crippen LogP contribution in [0.2, 0.25) is 0 Å². The van der Waals surface area contributed by atoms with Gasteiger partial charge < -0.3 is 9.64 Å². The predicted octanol–water partition coefficient (Wildman–Crippen LogP) is 1.59. The van der Waals surface area contributed by atoms with E-state index < -0.39 is 10.0 Å². The smallest absolute Gasteiger partial charge is 0.223 e. The van der Waals surface area contributed by atoms with E-state index in [0.29, 0.717) is 43.9 Å². The maximum atomic E-state index is 12.3. The lowest BCUT2D eigenvalue weighted by atomic mass is 10.0. The molecular weight excluding hydrogens is 356 g/mol. The Hall–Kier alpha value is -1.93. The highest BCUT2D eigenvalue weighted by molar-refractivity contribution is 7.88. The minimum absolute atomic E-state index is 0.0675. The number of hydrogen-bond donors (Lipinski definition) is 1. The van der Waals surface area contributed by atoms with E-state index in [1.807, 2.05) is 6.92 Å². The van der Waals surface area contributed by atoms with E-state index in [1.165, 1.54) is 0 Å². The van der Waals surface area contributed by atoms with Gasteiger partial charge in [-0.2, -0.15) is 0 Å². The van der Waals surface area contributed by atoms with Gasteiger partial charge in [-0.05, 0) is 44.0 Å². The van der Waals surface area contributed by atoms with Crippen LogP contribution < -0.4 is 9.46 Å². The number of ketones is 1. The zero-order chi connectivity index (χ0) is 19.2. The van der Waals surface area contributed by atoms with Crippen LogP contribution in [0.15, 0.2) is 24.3 Å². The molecule has 26 heavy (non-hydrogen) atoms. The number of nitrogens with one attached hydrogen (secondary N) is 1. The molecule has 1 amide bonds. The Morgan fingerprint density at radius 1 is 1.15 bits per heavy atom. The maximum absolute atomic E-state index is 12.3. The number of carbonyl (C=O) groups excluding carboxylic acids is 2. The number of sulfonamides is 1. The lowest BCUT2D eigenvalue weighted by molar-refractivity contribution is -0.132. The average molecular weight is 382 g/mol. The number of piperidine rings is 1. The standard InChI is InChI=1S/C18H26N2O5S/c1-3-25-16-6-4-14(5-7-16)17(21)8-9-18(22)20-12-10-15(11-13-20)19-26(2,23)24/h4-7,15,19H,3,8-13H2,1-2H3. The topological polar surface area (TPSA) is 92.8 Å². The molecule has 8 heteroatoms. The van der Waals surface area contributed by atoms with Crippen LogP contribution in [0.5, 0.6) is 5.75 Å². The van der Waals surface area contributed by atoms with Crippen LogP contribution in [0.3, 0.4) is 0 Å². The summed E-state index contributed by atoms with van der Waals surface area (Å²) in [6, 6.07) is 6.79. The SMILES string of the molecule is CCOc1ccc(C(=O)CCC(=O)N2CCC(NS(C)(=O)=O)CC2)cc1. The Morgan fingerprint density at radius 2 is 1.77 bits per heavy atom. The molecule has 0 atom stereocenters. The summed E-state index contributed by atoms with van der Waals surface area (Å²) in [5, 5.41) is 0. The molecule has 1 heterocycles. The molecule has 0 radical (unpaired) electrons. The van der Waals surface area contributed by atoms with Gasteiger partial charge >= 0.3 is 0 Å². The minimum atomic E-state index is -3.23. The number of likely N-dealkylation sites (tertiary alicyclic amines) is 1. The first-order valence-corrected chi connectivity index (χ1v) is 10.7. The van der Waals surface area contributed by atoms with E-state index in [4.69, 9.17) is 4.74 Å². The van der Waals surface area contributed by atoms with Gasteiger partial charge in [0.2, 0.25) is 15.9 Å². The molecule has 0 unspecified atom stereocenters. The van der Waals surface area contributed by atoms with Gasteiger partial charge in [0.25, 0.3) is 0 Å². The average Bonchev–Trinajstić information content (AvgIpc) is 2.59. The van der Waals surface area contributed by atoms with Crippen LogP contribution in [-0.2, 0) is 14.8 Å². The Bertz CT molecular complexity index is 722. The first-order chi connectivity index (χ1) is 12.3. The summed E-state index contributed by atoms with van der Waals surface area (Å²) in [6.07, 6.45) is 2.64. The largest absolute Gasteiger partial charge is 0.494 e. The quantitative estimate of drug-likeness (QED) is 0.689. The molecule has 1 saturated heterocycles. The highest BCUT2D eigenvalue weighted by Crippen LogP contribution is 2.16. The molecule has 0 aliphatic carbocycles. The van der Waals surface area contributed by atoms with E-state index in [-0.39, 0.29) is 30.6 Å². The van der Waals surface area contributed by atoms with Crippen molar-refractivity contribution >= 4 is 21.7 Å². The van der Waals surface area contributed by atoms with Gasteiger partial charge in [-0.25, -0.2) is 13.1 Å². The number of benzene rings is 1. The minimum Gasteiger partial charge on any atom is -0.494 e. The van der Waals surface area contributed by atoms with Gasteiger partial charge in [-0.15, -0.1) is 0 Å². The van der Waals surface area contributed by atoms with Crippen molar-refractivity contribution in [3.05, 3.63) is 29.8 Å². The summed E-state index contributed by atoms with van der Waals surface area (Å²) in [5.74, 6) is 0.572. The van der Waals surface area contributed by atoms with Crippen molar-refractivity contribution in [2.45, 2.75) is 38.6 Å². The van der Waals surface area contributed by atoms with Gasteiger partial charge in [0.1, 0.15) is 5.75 Å². The lowest BCUT2D eigenvalue weighted by Crippen LogP contribution is -2.46. The number of nitrogens with zero attached hydrogens (tertiary/aromatic N) is 1. The maximum Gasteiger partial charge on any atom is 0.223 e. The zero-order valence-electron chi connectivity index (χ0n) is 15.2. The molecular formula is C18H26N2O5S. The number of carbonyl (C=O) groups is 2. The second-order valence-electron chi connectivity index (χ2n) is 6.43. The van der Waals surface area contributed by atoms with Crippen LogP contribution in [-0.4, -0.2) is 57.0 Å². The molecule has 1 N–H and O–H groups in total. The highest BCUT2D eigenvalue weighted by atomic mass is 32.2. The fraction of sp³-hybridized carbons (Fsp3) is 0.556. The molecule has 144 valence electrons. The molecule has 0 saturated carbocycles. The summed E-state index contributed by atoms with van der Waals surface area (Å²) in [4.78, 5) is 26.2. The van der Waals surface area contributed by atoms with Gasteiger partial charge in [0.05, 0.1) is 12.9 Å². The van der Waals surface area contributed by atoms with Crippen molar-refractivity contribution in [2.75, 3.05) is 26.0 Å². The molecule has 0 aromatic heterocycles. The summed E-state index contributed by atoms with van der Waals surface area (Å²) < 4.78 is 30.4. The predicted molar refractivity (Wildman–Crippen MR) is 98.8 cm³/mol. The zero-order valence-corrected chi connectivity index (χ0v) is 16.0. The van der Waals surface area contributed by atoms with Gasteiger partial charge in [0, 0.05) is 37.5 Å². The second kappa shape index (κ2) is 9.14. The molecule has 1 aliphatic rings. The Balaban J connectivity index is 1.77. The van der Waals surface area contributed by atoms with Gasteiger partial charge in [-0.1, -0.05) is 0 Å². The number of rotatable bonds is 8. The molecule has 1 aromatic rings. The molecule has 0 spiro atoms. The Morgan fingerprint density at radius 3 is 2.31 bits per heavy atom. The fourth-order valence-corrected chi connectivity index (χ4v) is 3.82. The van der Waals surface area contributed by atoms with Gasteiger partial charge in [0.15, 0.2) is 5.78 Å². The summed E-state index contributed by atoms with van der Waals surface area (Å²) in [7, 11) is -3.23. The van der Waals surface area contributed by atoms with Crippen LogP contribution >= 0.6 is 0 Å². The van der Waals surface area contributed by atoms with E-state index in [1.54, 1.807) is 29.2 Å². The van der Waals surface area contributed by atoms with Crippen LogP contribution in [0.1, 0.15) is 43.0 Å². The van der Waals surface area contributed by atoms with Crippen LogP contribution in [0, 0.1) is 0 Å². The van der Waals surface area contributed by atoms with Crippen molar-refractivity contribution in [3.63, 3.8) is 0 Å². The molecule has 1 fully saturated rings. The fourth-order valence-electron chi connectivity index (χ4n) is 2.98. The van der Waals surface area contributed by atoms with Crippen LogP contribution in [0.4, 0.5) is 0 Å². The third-order valence-electron chi connectivity index (χ3n) is 4.28. The molecule has 2 rings (SSSR count). The van der Waals surface area contributed by atoms with Crippen molar-refractivity contribution in [1.82, 2.24) is 9.62 Å². The summed E-state index contributed by atoms with van der Waals surface area (Å²) in [6.45, 7) is 3.47. The number of ether oxygens (including phenoxy) is 1. The molecule has 7 nitrogen and oxygen atoms in total. The number of Topliss-reactive ketones (excluding diaryl/α,β-unsaturated/α-hetero) is 1. The summed E-state index contributed by atoms with van der Waals surface area (Å²) in [5.41, 5.74) is 0.567. The van der Waals surface area contributed by atoms with Crippen LogP contribution in [0.25, 0.3) is 0 Å². The molecule has 1 aliphatic heterocycles. The van der Waals surface area contributed by atoms with E-state index >= 15 is 0 Å². The van der Waals surface area contributed by atoms with Crippen molar-refractivity contribution in [2.24, 2.45) is 0 Å². The first-order valence-electron chi connectivity index (χ1n) is 8.79. The second-order valence-corrected chi connectivity index (χ2v) is 8.21. The number of hydrogen-bond acceptors (Lipinski definition) is 5. The molecule has 0 bridgehead atoms. The third kappa shape index (κ3) is 6.42. The Kier molecular flexibility index (Phi) is 7.16. The third-order valence-corrected chi connectivity index (χ3v) is 5.04. The monoisotopic (exact) mass is 382 g/mol. The lowest BCUT2D eigenvalue weighted by Gasteiger charge is -2.32. The van der Waals surface area contributed by atoms with E-state index in [9.17, 15) is 18.0 Å². The van der Waals surface area contributed by atoms with E-state index in [2.05, 4.69) is 4.72 Å². The number of amides is 1. The van der Waals surface area contributed by atoms with Gasteiger partial charge in [-0.3, -0.25) is 9.59 Å². The normalized spacial score (nSPS) is 15.7. The van der Waals surface area contributed by atoms with Crippen molar-refractivity contribution < 1.29 is 22.7 Å². The van der Waals surface area contributed by atoms with Crippen molar-refractivity contribution in [3.8, 4) is 5.75 Å². The van der Waals surface area contributed by atoms with E-state index in [0.717, 1.165) is 6.26 Å². The first kappa shape index (κ1) is 20.4. The Labute approximate surface area is 154 Å². The summed E-state index contributed by atoms with van der Waals surface area (Å²) >= 11 is 0.